The first-order chi connectivity index (χ1) is 19.7. The van der Waals surface area contributed by atoms with E-state index in [0.717, 1.165) is 30.0 Å². The van der Waals surface area contributed by atoms with Crippen LogP contribution in [-0.4, -0.2) is 41.0 Å². The van der Waals surface area contributed by atoms with Crippen molar-refractivity contribution in [3.05, 3.63) is 70.9 Å². The molecule has 0 atom stereocenters. The summed E-state index contributed by atoms with van der Waals surface area (Å²) < 4.78 is 48.0. The van der Waals surface area contributed by atoms with Crippen LogP contribution in [0.25, 0.3) is 22.1 Å². The lowest BCUT2D eigenvalue weighted by molar-refractivity contribution is -0.137. The SMILES string of the molecule is CC(=O)Nc1ccc(-c2cc3c(C(=O)Nc4ccc(C#N)cc4C(=O)O)noc3cc2N(C)C(C)=O)c(C(F)(F)F)c1. The maximum absolute atomic E-state index is 14.2. The van der Waals surface area contributed by atoms with Gasteiger partial charge in [0.2, 0.25) is 11.8 Å². The van der Waals surface area contributed by atoms with E-state index in [1.807, 2.05) is 0 Å². The molecule has 1 heterocycles. The molecule has 0 aliphatic heterocycles. The van der Waals surface area contributed by atoms with Crippen molar-refractivity contribution in [1.29, 1.82) is 5.26 Å². The topological polar surface area (TPSA) is 166 Å². The van der Waals surface area contributed by atoms with Gasteiger partial charge in [0.25, 0.3) is 5.91 Å². The Balaban J connectivity index is 1.91. The van der Waals surface area contributed by atoms with Crippen molar-refractivity contribution >= 4 is 51.7 Å². The third-order valence-electron chi connectivity index (χ3n) is 6.20. The second-order valence-electron chi connectivity index (χ2n) is 9.05. The number of aromatic nitrogens is 1. The van der Waals surface area contributed by atoms with E-state index in [1.165, 1.54) is 44.3 Å². The summed E-state index contributed by atoms with van der Waals surface area (Å²) in [6.07, 6.45) is -4.89. The highest BCUT2D eigenvalue weighted by Crippen LogP contribution is 2.43. The number of nitrogens with zero attached hydrogens (tertiary/aromatic N) is 3. The van der Waals surface area contributed by atoms with Gasteiger partial charge in [-0.3, -0.25) is 14.4 Å². The van der Waals surface area contributed by atoms with E-state index in [9.17, 15) is 37.5 Å². The van der Waals surface area contributed by atoms with Crippen molar-refractivity contribution in [1.82, 2.24) is 5.16 Å². The van der Waals surface area contributed by atoms with E-state index < -0.39 is 35.4 Å². The van der Waals surface area contributed by atoms with Gasteiger partial charge in [-0.2, -0.15) is 18.4 Å². The lowest BCUT2D eigenvalue weighted by Gasteiger charge is -2.22. The molecule has 1 aromatic heterocycles. The monoisotopic (exact) mass is 579 g/mol. The van der Waals surface area contributed by atoms with Crippen LogP contribution in [-0.2, 0) is 15.8 Å². The van der Waals surface area contributed by atoms with Crippen LogP contribution in [0.5, 0.6) is 0 Å². The number of benzene rings is 3. The highest BCUT2D eigenvalue weighted by molar-refractivity contribution is 6.14. The number of hydrogen-bond donors (Lipinski definition) is 3. The normalized spacial score (nSPS) is 11.1. The third-order valence-corrected chi connectivity index (χ3v) is 6.20. The number of carbonyl (C=O) groups is 4. The Kier molecular flexibility index (Phi) is 7.70. The summed E-state index contributed by atoms with van der Waals surface area (Å²) in [4.78, 5) is 49.7. The molecule has 11 nitrogen and oxygen atoms in total. The van der Waals surface area contributed by atoms with Crippen molar-refractivity contribution in [2.45, 2.75) is 20.0 Å². The van der Waals surface area contributed by atoms with Crippen LogP contribution in [0.15, 0.2) is 53.1 Å². The smallest absolute Gasteiger partial charge is 0.417 e. The van der Waals surface area contributed by atoms with Crippen LogP contribution in [0.4, 0.5) is 30.2 Å². The van der Waals surface area contributed by atoms with E-state index in [0.29, 0.717) is 0 Å². The molecule has 0 aliphatic rings. The maximum atomic E-state index is 14.2. The standard InChI is InChI=1S/C28H20F3N5O6/c1-13(37)33-16-5-6-17(21(9-16)28(29,30)31)18-10-20-24(11-23(18)36(3)14(2)38)42-35-25(20)26(39)34-22-7-4-15(12-32)8-19(22)27(40)41/h4-11H,1-3H3,(H,33,37)(H,34,39)(H,40,41). The molecule has 0 bridgehead atoms. The molecule has 0 saturated heterocycles. The summed E-state index contributed by atoms with van der Waals surface area (Å²) in [7, 11) is 1.34. The number of nitrogens with one attached hydrogen (secondary N) is 2. The third kappa shape index (κ3) is 5.75. The average Bonchev–Trinajstić information content (AvgIpc) is 3.34. The number of anilines is 3. The number of carboxylic acid groups (broad SMARTS) is 1. The average molecular weight is 579 g/mol. The van der Waals surface area contributed by atoms with E-state index >= 15 is 0 Å². The van der Waals surface area contributed by atoms with E-state index in [-0.39, 0.29) is 56.0 Å². The molecule has 0 fully saturated rings. The molecule has 3 aromatic carbocycles. The Morgan fingerprint density at radius 3 is 2.31 bits per heavy atom. The number of carboxylic acids is 1. The van der Waals surface area contributed by atoms with Crippen LogP contribution >= 0.6 is 0 Å². The number of halogens is 3. The van der Waals surface area contributed by atoms with Crippen molar-refractivity contribution in [3.63, 3.8) is 0 Å². The van der Waals surface area contributed by atoms with Crippen molar-refractivity contribution in [2.24, 2.45) is 0 Å². The molecular formula is C28H20F3N5O6. The van der Waals surface area contributed by atoms with E-state index in [2.05, 4.69) is 15.8 Å². The number of alkyl halides is 3. The molecule has 14 heteroatoms. The summed E-state index contributed by atoms with van der Waals surface area (Å²) in [5.74, 6) is -3.47. The van der Waals surface area contributed by atoms with Crippen LogP contribution < -0.4 is 15.5 Å². The second-order valence-corrected chi connectivity index (χ2v) is 9.05. The predicted molar refractivity (Wildman–Crippen MR) is 144 cm³/mol. The first-order valence-electron chi connectivity index (χ1n) is 12.0. The molecule has 3 N–H and O–H groups in total. The Bertz CT molecular complexity index is 1820. The summed E-state index contributed by atoms with van der Waals surface area (Å²) in [6, 6.07) is 10.9. The molecule has 214 valence electrons. The summed E-state index contributed by atoms with van der Waals surface area (Å²) >= 11 is 0. The number of carbonyl (C=O) groups excluding carboxylic acids is 3. The number of aromatic carboxylic acids is 1. The Morgan fingerprint density at radius 2 is 1.71 bits per heavy atom. The van der Waals surface area contributed by atoms with Crippen molar-refractivity contribution in [3.8, 4) is 17.2 Å². The Hall–Kier alpha value is -5.71. The van der Waals surface area contributed by atoms with Crippen LogP contribution in [0.3, 0.4) is 0 Å². The molecule has 0 spiro atoms. The molecule has 0 radical (unpaired) electrons. The molecule has 4 rings (SSSR count). The van der Waals surface area contributed by atoms with Gasteiger partial charge >= 0.3 is 12.1 Å². The van der Waals surface area contributed by atoms with Gasteiger partial charge < -0.3 is 25.2 Å². The quantitative estimate of drug-likeness (QED) is 0.278. The fraction of sp³-hybridized carbons (Fsp3) is 0.143. The molecule has 42 heavy (non-hydrogen) atoms. The van der Waals surface area contributed by atoms with Gasteiger partial charge in [0.05, 0.1) is 39.5 Å². The lowest BCUT2D eigenvalue weighted by Crippen LogP contribution is -2.23. The first-order valence-corrected chi connectivity index (χ1v) is 12.0. The van der Waals surface area contributed by atoms with Crippen LogP contribution in [0, 0.1) is 11.3 Å². The lowest BCUT2D eigenvalue weighted by atomic mass is 9.95. The van der Waals surface area contributed by atoms with Gasteiger partial charge in [-0.25, -0.2) is 4.79 Å². The molecule has 0 aliphatic carbocycles. The van der Waals surface area contributed by atoms with Gasteiger partial charge in [-0.1, -0.05) is 11.2 Å². The maximum Gasteiger partial charge on any atom is 0.417 e. The summed E-state index contributed by atoms with van der Waals surface area (Å²) in [5.41, 5.74) is -2.64. The minimum atomic E-state index is -4.89. The van der Waals surface area contributed by atoms with Crippen molar-refractivity contribution in [2.75, 3.05) is 22.6 Å². The largest absolute Gasteiger partial charge is 0.478 e. The minimum Gasteiger partial charge on any atom is -0.478 e. The fourth-order valence-electron chi connectivity index (χ4n) is 4.18. The van der Waals surface area contributed by atoms with Gasteiger partial charge in [-0.05, 0) is 42.0 Å². The molecular weight excluding hydrogens is 559 g/mol. The highest BCUT2D eigenvalue weighted by Gasteiger charge is 2.35. The first kappa shape index (κ1) is 29.3. The van der Waals surface area contributed by atoms with Gasteiger partial charge in [0, 0.05) is 38.2 Å². The van der Waals surface area contributed by atoms with Crippen LogP contribution in [0.2, 0.25) is 0 Å². The Morgan fingerprint density at radius 1 is 1.00 bits per heavy atom. The summed E-state index contributed by atoms with van der Waals surface area (Å²) in [6.45, 7) is 2.35. The molecule has 4 aromatic rings. The minimum absolute atomic E-state index is 0.0103. The van der Waals surface area contributed by atoms with Gasteiger partial charge in [0.15, 0.2) is 11.3 Å². The zero-order valence-electron chi connectivity index (χ0n) is 22.1. The Labute approximate surface area is 235 Å². The second kappa shape index (κ2) is 11.0. The van der Waals surface area contributed by atoms with Gasteiger partial charge in [0.1, 0.15) is 0 Å². The zero-order valence-corrected chi connectivity index (χ0v) is 22.1. The van der Waals surface area contributed by atoms with E-state index in [4.69, 9.17) is 9.78 Å². The predicted octanol–water partition coefficient (Wildman–Crippen LogP) is 5.28. The highest BCUT2D eigenvalue weighted by atomic mass is 19.4. The van der Waals surface area contributed by atoms with Crippen molar-refractivity contribution < 1.29 is 42.0 Å². The van der Waals surface area contributed by atoms with Crippen LogP contribution in [0.1, 0.15) is 45.8 Å². The molecule has 0 saturated carbocycles. The van der Waals surface area contributed by atoms with E-state index in [1.54, 1.807) is 6.07 Å². The zero-order chi connectivity index (χ0) is 30.9. The summed E-state index contributed by atoms with van der Waals surface area (Å²) in [5, 5.41) is 26.9. The fourth-order valence-corrected chi connectivity index (χ4v) is 4.18. The number of fused-ring (bicyclic) bond motifs is 1. The molecule has 3 amide bonds. The number of hydrogen-bond acceptors (Lipinski definition) is 7. The number of nitriles is 1. The number of amides is 3. The number of rotatable bonds is 6. The van der Waals surface area contributed by atoms with Gasteiger partial charge in [-0.15, -0.1) is 0 Å². The molecule has 0 unspecified atom stereocenters.